The lowest BCUT2D eigenvalue weighted by Gasteiger charge is -2.42. The molecular weight excluding hydrogens is 1120 g/mol. The highest BCUT2D eigenvalue weighted by molar-refractivity contribution is 5.90. The number of rotatable bonds is 16. The van der Waals surface area contributed by atoms with Gasteiger partial charge in [-0.25, -0.2) is 14.0 Å². The highest BCUT2D eigenvalue weighted by atomic mass is 16.7. The predicted molar refractivity (Wildman–Crippen MR) is 268 cm³/mol. The maximum Gasteiger partial charge on any atom is 0.402 e. The maximum absolute atomic E-state index is 13.2. The molecule has 0 amide bonds. The largest absolute Gasteiger partial charge is 0.508 e. The van der Waals surface area contributed by atoms with Crippen LogP contribution in [0.3, 0.4) is 0 Å². The molecule has 4 aliphatic heterocycles. The van der Waals surface area contributed by atoms with E-state index in [9.17, 15) is 96.4 Å². The van der Waals surface area contributed by atoms with Crippen molar-refractivity contribution >= 4 is 22.9 Å². The molecule has 30 heteroatoms. The summed E-state index contributed by atoms with van der Waals surface area (Å²) in [5.74, 6) is -6.48. The van der Waals surface area contributed by atoms with Gasteiger partial charge in [-0.3, -0.25) is 0 Å². The molecule has 0 spiro atoms. The number of esters is 2. The molecule has 0 saturated carbocycles. The Morgan fingerprint density at radius 3 is 1.42 bits per heavy atom. The summed E-state index contributed by atoms with van der Waals surface area (Å²) in [5.41, 5.74) is -0.547. The van der Waals surface area contributed by atoms with Crippen LogP contribution in [-0.2, 0) is 33.2 Å². The van der Waals surface area contributed by atoms with E-state index in [1.165, 1.54) is 55.5 Å². The van der Waals surface area contributed by atoms with Gasteiger partial charge in [0.25, 0.3) is 0 Å². The van der Waals surface area contributed by atoms with Crippen molar-refractivity contribution in [3.05, 3.63) is 90.0 Å². The van der Waals surface area contributed by atoms with E-state index < -0.39 is 189 Å². The molecule has 20 atom stereocenters. The van der Waals surface area contributed by atoms with Gasteiger partial charge in [0.2, 0.25) is 24.6 Å². The van der Waals surface area contributed by atoms with E-state index in [4.69, 9.17) is 51.8 Å². The Labute approximate surface area is 467 Å². The molecule has 0 bridgehead atoms. The number of hydrogen-bond donors (Lipinski definition) is 17. The first-order valence-corrected chi connectivity index (χ1v) is 25.4. The van der Waals surface area contributed by atoms with Gasteiger partial charge in [-0.15, -0.1) is 0 Å². The van der Waals surface area contributed by atoms with Crippen LogP contribution in [-0.4, -0.2) is 241 Å². The van der Waals surface area contributed by atoms with Crippen LogP contribution in [0.5, 0.6) is 46.0 Å². The molecule has 4 aromatic carbocycles. The molecule has 1 aromatic heterocycles. The van der Waals surface area contributed by atoms with Crippen LogP contribution < -0.4 is 14.2 Å². The molecule has 4 aliphatic rings. The second kappa shape index (κ2) is 25.0. The molecule has 4 saturated heterocycles. The molecule has 5 heterocycles. The van der Waals surface area contributed by atoms with Crippen molar-refractivity contribution in [3.8, 4) is 57.3 Å². The number of hydrogen-bond acceptors (Lipinski definition) is 29. The molecule has 9 rings (SSSR count). The second-order valence-electron chi connectivity index (χ2n) is 19.8. The summed E-state index contributed by atoms with van der Waals surface area (Å²) in [6, 6.07) is 15.1. The SMILES string of the molecule is CC1O[C@@H](OC[C@H]2O[C@@H](Oc3cc4c(O)cc(O[C@@H]5OC(COC(=O)c6ccc(O[C@@H]7OC(COC(=O)c8ccc(O)cc8)[C@@H](O)[C@H](O)C7O)cc6)[C@@H](O)[C@H](O)C5O)cc4[o+]c3-c3cc(O)c(O)c(O)c3)C(O)C(O)[C@@H]2O)[C@@H](O)C(O)[C@H]1O. The van der Waals surface area contributed by atoms with E-state index in [2.05, 4.69) is 0 Å². The third-order valence-corrected chi connectivity index (χ3v) is 14.1. The van der Waals surface area contributed by atoms with Crippen molar-refractivity contribution in [3.63, 3.8) is 0 Å². The third kappa shape index (κ3) is 12.9. The van der Waals surface area contributed by atoms with Gasteiger partial charge in [-0.05, 0) is 55.5 Å². The molecule has 4 fully saturated rings. The first-order chi connectivity index (χ1) is 39.4. The Bertz CT molecular complexity index is 3050. The normalized spacial score (nSPS) is 33.7. The van der Waals surface area contributed by atoms with E-state index >= 15 is 0 Å². The summed E-state index contributed by atoms with van der Waals surface area (Å²) in [4.78, 5) is 25.7. The van der Waals surface area contributed by atoms with E-state index in [1.54, 1.807) is 0 Å². The topological polar surface area (TPSA) is 482 Å². The summed E-state index contributed by atoms with van der Waals surface area (Å²) in [5, 5.41) is 179. The Morgan fingerprint density at radius 2 is 0.904 bits per heavy atom. The quantitative estimate of drug-likeness (QED) is 0.0266. The Balaban J connectivity index is 0.865. The number of phenolic OH excluding ortho intramolecular Hbond substituents is 5. The Kier molecular flexibility index (Phi) is 18.3. The van der Waals surface area contributed by atoms with Crippen LogP contribution in [0.15, 0.2) is 83.3 Å². The first-order valence-electron chi connectivity index (χ1n) is 25.4. The van der Waals surface area contributed by atoms with Crippen molar-refractivity contribution in [1.29, 1.82) is 0 Å². The number of benzene rings is 4. The summed E-state index contributed by atoms with van der Waals surface area (Å²) >= 11 is 0. The monoisotopic (exact) mass is 1180 g/mol. The number of fused-ring (bicyclic) bond motifs is 1. The van der Waals surface area contributed by atoms with Gasteiger partial charge in [0.05, 0.1) is 35.5 Å². The van der Waals surface area contributed by atoms with Gasteiger partial charge in [-0.1, -0.05) is 0 Å². The Hall–Kier alpha value is -7.05. The number of phenols is 5. The molecule has 5 aromatic rings. The first kappa shape index (κ1) is 60.5. The lowest BCUT2D eigenvalue weighted by molar-refractivity contribution is -0.318. The lowest BCUT2D eigenvalue weighted by atomic mass is 9.98. The van der Waals surface area contributed by atoms with E-state index in [1.807, 2.05) is 0 Å². The van der Waals surface area contributed by atoms with Crippen LogP contribution in [0.2, 0.25) is 0 Å². The minimum absolute atomic E-state index is 0.0170. The second-order valence-corrected chi connectivity index (χ2v) is 19.8. The van der Waals surface area contributed by atoms with Crippen LogP contribution >= 0.6 is 0 Å². The van der Waals surface area contributed by atoms with Crippen LogP contribution in [0.4, 0.5) is 0 Å². The number of aromatic hydroxyl groups is 5. The molecular formula is C53H59O30+. The van der Waals surface area contributed by atoms with Crippen LogP contribution in [0.1, 0.15) is 27.6 Å². The Morgan fingerprint density at radius 1 is 0.458 bits per heavy atom. The van der Waals surface area contributed by atoms with Crippen molar-refractivity contribution < 1.29 is 148 Å². The summed E-state index contributed by atoms with van der Waals surface area (Å²) < 4.78 is 62.1. The summed E-state index contributed by atoms with van der Waals surface area (Å²) in [7, 11) is 0. The van der Waals surface area contributed by atoms with E-state index in [-0.39, 0.29) is 44.9 Å². The molecule has 0 radical (unpaired) electrons. The predicted octanol–water partition coefficient (Wildman–Crippen LogP) is -2.97. The van der Waals surface area contributed by atoms with Crippen molar-refractivity contribution in [2.45, 2.75) is 130 Å². The van der Waals surface area contributed by atoms with Crippen LogP contribution in [0, 0.1) is 0 Å². The molecule has 450 valence electrons. The van der Waals surface area contributed by atoms with Gasteiger partial charge in [0, 0.05) is 24.3 Å². The molecule has 83 heavy (non-hydrogen) atoms. The minimum Gasteiger partial charge on any atom is -0.508 e. The third-order valence-electron chi connectivity index (χ3n) is 14.1. The van der Waals surface area contributed by atoms with Crippen molar-refractivity contribution in [2.75, 3.05) is 19.8 Å². The number of aliphatic hydroxyl groups excluding tert-OH is 12. The maximum atomic E-state index is 13.2. The number of ether oxygens (including phenoxy) is 10. The highest BCUT2D eigenvalue weighted by Gasteiger charge is 2.50. The molecule has 0 aliphatic carbocycles. The van der Waals surface area contributed by atoms with Gasteiger partial charge in [-0.2, -0.15) is 0 Å². The average molecular weight is 1180 g/mol. The average Bonchev–Trinajstić information content (AvgIpc) is 3.65. The summed E-state index contributed by atoms with van der Waals surface area (Å²) in [6.07, 6.45) is -34.4. The van der Waals surface area contributed by atoms with Gasteiger partial charge in [0.1, 0.15) is 133 Å². The smallest absolute Gasteiger partial charge is 0.402 e. The molecule has 30 nitrogen and oxygen atoms in total. The fraction of sp³-hybridized carbons (Fsp3) is 0.453. The van der Waals surface area contributed by atoms with E-state index in [0.717, 1.165) is 30.3 Å². The van der Waals surface area contributed by atoms with E-state index in [0.29, 0.717) is 0 Å². The molecule has 8 unspecified atom stereocenters. The zero-order chi connectivity index (χ0) is 59.9. The number of carbonyl (C=O) groups excluding carboxylic acids is 2. The standard InChI is InChI=1S/C53H58O30/c1-18-34(58)39(63)43(67)50(76-18)75-17-33-38(62)42(66)46(70)53(83-33)80-30-14-25-26(55)12-24(13-29(25)79-47(30)21-10-27(56)35(59)28(57)11-21)78-52-45(69)41(65)37(61)32(82-52)16-74-49(72)20-4-8-23(9-5-20)77-51-44(68)40(64)36(60)31(81-51)15-73-48(71)19-2-6-22(54)7-3-19/h2-14,18,31-34,36-46,50-53,58,60-70H,15-17H2,1H3,(H4-,54,55,56,57,59,71)/p+1/t18?,31?,32?,33-,34+,36-,37-,38-,39?,40+,41+,42?,43+,44?,45?,46?,50-,51-,52-,53-/m1/s1. The fourth-order valence-corrected chi connectivity index (χ4v) is 9.20. The van der Waals surface area contributed by atoms with Crippen molar-refractivity contribution in [2.24, 2.45) is 0 Å². The number of carbonyl (C=O) groups is 2. The van der Waals surface area contributed by atoms with Gasteiger partial charge in [0.15, 0.2) is 23.5 Å². The fourth-order valence-electron chi connectivity index (χ4n) is 9.20. The summed E-state index contributed by atoms with van der Waals surface area (Å²) in [6.45, 7) is -0.607. The minimum atomic E-state index is -2.03. The molecule has 17 N–H and O–H groups in total. The van der Waals surface area contributed by atoms with Crippen LogP contribution in [0.25, 0.3) is 22.3 Å². The van der Waals surface area contributed by atoms with Gasteiger partial charge < -0.3 is 134 Å². The van der Waals surface area contributed by atoms with Crippen molar-refractivity contribution in [1.82, 2.24) is 0 Å². The lowest BCUT2D eigenvalue weighted by Crippen LogP contribution is -2.61. The highest BCUT2D eigenvalue weighted by Crippen LogP contribution is 2.45. The zero-order valence-corrected chi connectivity index (χ0v) is 43.1. The number of aliphatic hydroxyl groups is 12. The zero-order valence-electron chi connectivity index (χ0n) is 43.1. The van der Waals surface area contributed by atoms with Gasteiger partial charge >= 0.3 is 23.3 Å².